The van der Waals surface area contributed by atoms with E-state index >= 15 is 4.39 Å². The number of rotatable bonds is 7. The summed E-state index contributed by atoms with van der Waals surface area (Å²) < 4.78 is 44.0. The number of amides is 2. The van der Waals surface area contributed by atoms with Crippen LogP contribution in [0.5, 0.6) is 5.75 Å². The van der Waals surface area contributed by atoms with Gasteiger partial charge in [-0.25, -0.2) is 9.18 Å². The van der Waals surface area contributed by atoms with Crippen LogP contribution in [-0.2, 0) is 9.59 Å². The zero-order chi connectivity index (χ0) is 23.1. The zero-order valence-corrected chi connectivity index (χ0v) is 14.7. The summed E-state index contributed by atoms with van der Waals surface area (Å²) in [6.07, 6.45) is 1.48. The maximum atomic E-state index is 15.0. The van der Waals surface area contributed by atoms with Gasteiger partial charge in [0.2, 0.25) is 18.2 Å². The molecule has 1 N–H and O–H groups in total. The fourth-order valence-corrected chi connectivity index (χ4v) is 3.12. The Morgan fingerprint density at radius 1 is 1.46 bits per heavy atom. The minimum atomic E-state index is -2.74. The van der Waals surface area contributed by atoms with E-state index in [1.807, 2.05) is 0 Å². The second kappa shape index (κ2) is 7.29. The monoisotopic (exact) mass is 394 g/mol. The van der Waals surface area contributed by atoms with Gasteiger partial charge >= 0.3 is 5.97 Å². The number of aromatic nitrogens is 1. The Balaban J connectivity index is 2.18. The van der Waals surface area contributed by atoms with Gasteiger partial charge in [0.25, 0.3) is 0 Å². The molecule has 0 bridgehead atoms. The summed E-state index contributed by atoms with van der Waals surface area (Å²) in [6, 6.07) is 0.427. The van der Waals surface area contributed by atoms with Crippen LogP contribution >= 0.6 is 0 Å². The minimum Gasteiger partial charge on any atom is -0.487 e. The second-order valence-electron chi connectivity index (χ2n) is 6.27. The molecule has 1 aromatic heterocycles. The summed E-state index contributed by atoms with van der Waals surface area (Å²) in [6.45, 7) is -1.82. The normalized spacial score (nSPS) is 17.1. The molecule has 1 aromatic carbocycles. The molecule has 10 heteroatoms. The van der Waals surface area contributed by atoms with Gasteiger partial charge < -0.3 is 24.2 Å². The van der Waals surface area contributed by atoms with Crippen molar-refractivity contribution >= 4 is 35.4 Å². The van der Waals surface area contributed by atoms with Crippen molar-refractivity contribution < 1.29 is 32.7 Å². The molecule has 0 spiro atoms. The highest BCUT2D eigenvalue weighted by Gasteiger charge is 2.30. The van der Waals surface area contributed by atoms with E-state index in [0.717, 1.165) is 17.2 Å². The summed E-state index contributed by atoms with van der Waals surface area (Å²) in [7, 11) is 0. The van der Waals surface area contributed by atoms with Crippen molar-refractivity contribution in [1.29, 1.82) is 0 Å². The second-order valence-corrected chi connectivity index (χ2v) is 6.27. The highest BCUT2D eigenvalue weighted by molar-refractivity contribution is 5.98. The molecule has 9 nitrogen and oxygen atoms in total. The van der Waals surface area contributed by atoms with Crippen molar-refractivity contribution in [2.75, 3.05) is 31.6 Å². The van der Waals surface area contributed by atoms with Crippen LogP contribution in [0.2, 0.25) is 0 Å². The predicted octanol–water partition coefficient (Wildman–Crippen LogP) is 0.843. The molecule has 0 saturated heterocycles. The summed E-state index contributed by atoms with van der Waals surface area (Å²) in [5, 5.41) is 9.08. The predicted molar refractivity (Wildman–Crippen MR) is 97.4 cm³/mol. The molecule has 1 aliphatic rings. The molecule has 3 rings (SSSR count). The molecular formula is C18H18FN3O6. The highest BCUT2D eigenvalue weighted by Crippen LogP contribution is 2.41. The van der Waals surface area contributed by atoms with Gasteiger partial charge in [0.1, 0.15) is 17.9 Å². The SMILES string of the molecule is [2H]C([2H])([2H])N(C=O)CCN(C=O)c1c(F)cc2c(=O)c(C(=O)O)cn3c2c1OC[C@@H]3C. The number of aromatic carboxylic acids is 1. The first-order chi connectivity index (χ1) is 14.5. The number of hydrogen-bond donors (Lipinski definition) is 1. The standard InChI is InChI=1S/C18H18FN3O6/c1-10-7-28-17-14-11(16(25)12(18(26)27)6-22(10)14)5-13(19)15(17)21(9-24)4-3-20(2)8-23/h5-6,8-10H,3-4,7H2,1-2H3,(H,26,27)/t10-/m0/s1/i2D3. The van der Waals surface area contributed by atoms with Crippen LogP contribution in [0, 0.1) is 5.82 Å². The number of carboxylic acid groups (broad SMARTS) is 1. The van der Waals surface area contributed by atoms with Crippen molar-refractivity contribution in [3.8, 4) is 5.75 Å². The average molecular weight is 394 g/mol. The van der Waals surface area contributed by atoms with Gasteiger partial charge in [-0.1, -0.05) is 0 Å². The maximum absolute atomic E-state index is 15.0. The molecule has 28 heavy (non-hydrogen) atoms. The van der Waals surface area contributed by atoms with E-state index in [-0.39, 0.29) is 48.3 Å². The Morgan fingerprint density at radius 2 is 2.21 bits per heavy atom. The number of likely N-dealkylation sites (N-methyl/N-ethyl adjacent to an activating group) is 1. The van der Waals surface area contributed by atoms with Crippen LogP contribution in [0.1, 0.15) is 27.4 Å². The van der Waals surface area contributed by atoms with Crippen LogP contribution in [-0.4, -0.2) is 60.0 Å². The van der Waals surface area contributed by atoms with Gasteiger partial charge in [-0.05, 0) is 13.0 Å². The third-order valence-corrected chi connectivity index (χ3v) is 4.50. The molecule has 0 unspecified atom stereocenters. The van der Waals surface area contributed by atoms with Crippen molar-refractivity contribution in [1.82, 2.24) is 9.47 Å². The van der Waals surface area contributed by atoms with Crippen LogP contribution in [0.15, 0.2) is 17.1 Å². The first kappa shape index (κ1) is 15.6. The van der Waals surface area contributed by atoms with Crippen molar-refractivity contribution in [3.63, 3.8) is 0 Å². The molecule has 148 valence electrons. The summed E-state index contributed by atoms with van der Waals surface area (Å²) in [4.78, 5) is 48.1. The Morgan fingerprint density at radius 3 is 2.82 bits per heavy atom. The van der Waals surface area contributed by atoms with Gasteiger partial charge in [-0.3, -0.25) is 14.4 Å². The number of carbonyl (C=O) groups is 3. The van der Waals surface area contributed by atoms with Crippen LogP contribution in [0.4, 0.5) is 10.1 Å². The highest BCUT2D eigenvalue weighted by atomic mass is 19.1. The van der Waals surface area contributed by atoms with Crippen LogP contribution in [0.3, 0.4) is 0 Å². The Labute approximate surface area is 162 Å². The zero-order valence-electron chi connectivity index (χ0n) is 17.7. The number of nitrogens with zero attached hydrogens (tertiary/aromatic N) is 3. The number of halogens is 1. The van der Waals surface area contributed by atoms with Gasteiger partial charge in [0.05, 0.1) is 16.9 Å². The summed E-state index contributed by atoms with van der Waals surface area (Å²) in [5.74, 6) is -2.66. The van der Waals surface area contributed by atoms with Crippen molar-refractivity contribution in [3.05, 3.63) is 33.9 Å². The van der Waals surface area contributed by atoms with Gasteiger partial charge in [0.15, 0.2) is 11.6 Å². The van der Waals surface area contributed by atoms with E-state index in [2.05, 4.69) is 0 Å². The van der Waals surface area contributed by atoms with E-state index in [0.29, 0.717) is 4.90 Å². The molecule has 2 heterocycles. The Hall–Kier alpha value is -3.43. The molecule has 1 atom stereocenters. The molecule has 2 aromatic rings. The van der Waals surface area contributed by atoms with Crippen LogP contribution in [0.25, 0.3) is 10.9 Å². The molecule has 0 saturated carbocycles. The van der Waals surface area contributed by atoms with Gasteiger partial charge in [-0.15, -0.1) is 0 Å². The molecule has 2 amide bonds. The first-order valence-electron chi connectivity index (χ1n) is 9.72. The van der Waals surface area contributed by atoms with Gasteiger partial charge in [-0.2, -0.15) is 0 Å². The number of anilines is 1. The molecule has 0 fully saturated rings. The lowest BCUT2D eigenvalue weighted by Gasteiger charge is -2.31. The molecule has 0 aliphatic carbocycles. The van der Waals surface area contributed by atoms with Gasteiger partial charge in [0, 0.05) is 30.4 Å². The van der Waals surface area contributed by atoms with E-state index in [4.69, 9.17) is 8.85 Å². The van der Waals surface area contributed by atoms with E-state index in [9.17, 15) is 24.3 Å². The number of benzene rings is 1. The Bertz CT molecular complexity index is 1130. The number of pyridine rings is 1. The molecular weight excluding hydrogens is 373 g/mol. The topological polar surface area (TPSA) is 109 Å². The largest absolute Gasteiger partial charge is 0.487 e. The quantitative estimate of drug-likeness (QED) is 0.697. The average Bonchev–Trinajstić information content (AvgIpc) is 2.69. The summed E-state index contributed by atoms with van der Waals surface area (Å²) >= 11 is 0. The third kappa shape index (κ3) is 3.06. The Kier molecular flexibility index (Phi) is 4.07. The smallest absolute Gasteiger partial charge is 0.341 e. The number of carbonyl (C=O) groups excluding carboxylic acids is 2. The summed E-state index contributed by atoms with van der Waals surface area (Å²) in [5.41, 5.74) is -1.68. The lowest BCUT2D eigenvalue weighted by molar-refractivity contribution is -0.117. The number of ether oxygens (including phenoxy) is 1. The number of carboxylic acids is 1. The van der Waals surface area contributed by atoms with E-state index < -0.39 is 42.3 Å². The minimum absolute atomic E-state index is 0.00289. The lowest BCUT2D eigenvalue weighted by atomic mass is 10.1. The number of hydrogen-bond acceptors (Lipinski definition) is 5. The van der Waals surface area contributed by atoms with E-state index in [1.165, 1.54) is 4.57 Å². The fraction of sp³-hybridized carbons (Fsp3) is 0.333. The first-order valence-corrected chi connectivity index (χ1v) is 8.22. The van der Waals surface area contributed by atoms with Crippen molar-refractivity contribution in [2.45, 2.75) is 13.0 Å². The van der Waals surface area contributed by atoms with E-state index in [1.54, 1.807) is 6.92 Å². The molecule has 1 aliphatic heterocycles. The maximum Gasteiger partial charge on any atom is 0.341 e. The van der Waals surface area contributed by atoms with Crippen molar-refractivity contribution in [2.24, 2.45) is 0 Å². The van der Waals surface area contributed by atoms with Crippen LogP contribution < -0.4 is 15.1 Å². The lowest BCUT2D eigenvalue weighted by Crippen LogP contribution is -2.34. The fourth-order valence-electron chi connectivity index (χ4n) is 3.12. The third-order valence-electron chi connectivity index (χ3n) is 4.50. The molecule has 0 radical (unpaired) electrons.